The molecule has 0 aliphatic carbocycles. The van der Waals surface area contributed by atoms with E-state index in [0.29, 0.717) is 5.02 Å². The second kappa shape index (κ2) is 5.69. The lowest BCUT2D eigenvalue weighted by molar-refractivity contribution is 0.0697. The molecule has 0 saturated carbocycles. The highest BCUT2D eigenvalue weighted by molar-refractivity contribution is 6.30. The highest BCUT2D eigenvalue weighted by atomic mass is 35.5. The molecule has 0 bridgehead atoms. The van der Waals surface area contributed by atoms with Crippen molar-refractivity contribution in [3.63, 3.8) is 0 Å². The van der Waals surface area contributed by atoms with Crippen LogP contribution in [0.25, 0.3) is 16.9 Å². The van der Waals surface area contributed by atoms with E-state index in [-0.39, 0.29) is 5.56 Å². The van der Waals surface area contributed by atoms with E-state index in [9.17, 15) is 4.79 Å². The first-order valence-electron chi connectivity index (χ1n) is 7.59. The minimum Gasteiger partial charge on any atom is -0.478 e. The molecule has 0 unspecified atom stereocenters. The highest BCUT2D eigenvalue weighted by Crippen LogP contribution is 2.35. The van der Waals surface area contributed by atoms with Gasteiger partial charge in [0.1, 0.15) is 5.82 Å². The van der Waals surface area contributed by atoms with Gasteiger partial charge in [-0.1, -0.05) is 23.7 Å². The fraction of sp³-hybridized carbons (Fsp3) is 0.111. The second-order valence-electron chi connectivity index (χ2n) is 5.63. The first kappa shape index (κ1) is 14.8. The molecule has 0 amide bonds. The maximum absolute atomic E-state index is 11.0. The Morgan fingerprint density at radius 2 is 2.00 bits per heavy atom. The number of benzene rings is 2. The largest absolute Gasteiger partial charge is 0.478 e. The van der Waals surface area contributed by atoms with Crippen LogP contribution in [0.1, 0.15) is 15.9 Å². The number of rotatable bonds is 3. The average molecular weight is 340 g/mol. The fourth-order valence-electron chi connectivity index (χ4n) is 2.97. The van der Waals surface area contributed by atoms with Gasteiger partial charge in [-0.3, -0.25) is 0 Å². The van der Waals surface area contributed by atoms with E-state index in [1.807, 2.05) is 28.9 Å². The van der Waals surface area contributed by atoms with E-state index in [4.69, 9.17) is 21.8 Å². The molecule has 2 aromatic carbocycles. The topological polar surface area (TPSA) is 67.1 Å². The van der Waals surface area contributed by atoms with Crippen LogP contribution in [-0.2, 0) is 6.42 Å². The summed E-state index contributed by atoms with van der Waals surface area (Å²) in [5.41, 5.74) is 4.10. The molecule has 3 aromatic rings. The molecule has 2 N–H and O–H groups in total. The molecule has 4 rings (SSSR count). The summed E-state index contributed by atoms with van der Waals surface area (Å²) < 4.78 is 1.82. The predicted molar refractivity (Wildman–Crippen MR) is 93.2 cm³/mol. The van der Waals surface area contributed by atoms with Gasteiger partial charge >= 0.3 is 5.97 Å². The summed E-state index contributed by atoms with van der Waals surface area (Å²) in [4.78, 5) is 11.0. The lowest BCUT2D eigenvalue weighted by Gasteiger charge is -2.06. The van der Waals surface area contributed by atoms with Gasteiger partial charge in [-0.2, -0.15) is 5.10 Å². The molecule has 120 valence electrons. The number of carbonyl (C=O) groups is 1. The van der Waals surface area contributed by atoms with E-state index in [1.165, 1.54) is 0 Å². The number of aromatic nitrogens is 2. The quantitative estimate of drug-likeness (QED) is 0.760. The van der Waals surface area contributed by atoms with Crippen LogP contribution in [0.2, 0.25) is 5.02 Å². The highest BCUT2D eigenvalue weighted by Gasteiger charge is 2.24. The van der Waals surface area contributed by atoms with Gasteiger partial charge in [0.15, 0.2) is 0 Å². The molecular weight excluding hydrogens is 326 g/mol. The minimum atomic E-state index is -0.940. The van der Waals surface area contributed by atoms with Crippen molar-refractivity contribution in [2.45, 2.75) is 6.42 Å². The molecule has 0 radical (unpaired) electrons. The predicted octanol–water partition coefficient (Wildman–Crippen LogP) is 3.86. The van der Waals surface area contributed by atoms with Gasteiger partial charge in [-0.15, -0.1) is 0 Å². The summed E-state index contributed by atoms with van der Waals surface area (Å²) in [6.45, 7) is 0.855. The molecule has 1 aliphatic rings. The third-order valence-electron chi connectivity index (χ3n) is 4.11. The number of nitrogens with zero attached hydrogens (tertiary/aromatic N) is 2. The molecule has 1 aromatic heterocycles. The SMILES string of the molecule is O=C(O)c1ccc(-n2nc(-c3cccc(Cl)c3)c3c2NCC3)cc1. The van der Waals surface area contributed by atoms with Gasteiger partial charge in [0, 0.05) is 22.7 Å². The third kappa shape index (κ3) is 2.43. The van der Waals surface area contributed by atoms with E-state index in [1.54, 1.807) is 24.3 Å². The number of hydrogen-bond acceptors (Lipinski definition) is 3. The maximum Gasteiger partial charge on any atom is 0.335 e. The number of fused-ring (bicyclic) bond motifs is 1. The number of aromatic carboxylic acids is 1. The summed E-state index contributed by atoms with van der Waals surface area (Å²) in [5, 5.41) is 17.8. The van der Waals surface area contributed by atoms with Gasteiger partial charge < -0.3 is 10.4 Å². The van der Waals surface area contributed by atoms with Crippen molar-refractivity contribution < 1.29 is 9.90 Å². The molecule has 0 spiro atoms. The van der Waals surface area contributed by atoms with Crippen molar-refractivity contribution in [1.29, 1.82) is 0 Å². The standard InChI is InChI=1S/C18H14ClN3O2/c19-13-3-1-2-12(10-13)16-15-8-9-20-17(15)22(21-16)14-6-4-11(5-7-14)18(23)24/h1-7,10,20H,8-9H2,(H,23,24). The summed E-state index contributed by atoms with van der Waals surface area (Å²) in [5.74, 6) is 0.0121. The summed E-state index contributed by atoms with van der Waals surface area (Å²) in [7, 11) is 0. The van der Waals surface area contributed by atoms with Gasteiger partial charge in [-0.05, 0) is 42.8 Å². The Bertz CT molecular complexity index is 932. The molecule has 6 heteroatoms. The van der Waals surface area contributed by atoms with Crippen LogP contribution >= 0.6 is 11.6 Å². The fourth-order valence-corrected chi connectivity index (χ4v) is 3.16. The molecule has 5 nitrogen and oxygen atoms in total. The zero-order chi connectivity index (χ0) is 16.7. The summed E-state index contributed by atoms with van der Waals surface area (Å²) in [6, 6.07) is 14.3. The first-order valence-corrected chi connectivity index (χ1v) is 7.97. The lowest BCUT2D eigenvalue weighted by atomic mass is 10.1. The smallest absolute Gasteiger partial charge is 0.335 e. The van der Waals surface area contributed by atoms with Crippen molar-refractivity contribution in [2.75, 3.05) is 11.9 Å². The van der Waals surface area contributed by atoms with Crippen LogP contribution in [0.15, 0.2) is 48.5 Å². The molecule has 0 saturated heterocycles. The summed E-state index contributed by atoms with van der Waals surface area (Å²) in [6.07, 6.45) is 0.893. The Kier molecular flexibility index (Phi) is 3.50. The molecule has 0 fully saturated rings. The van der Waals surface area contributed by atoms with E-state index in [0.717, 1.165) is 41.3 Å². The average Bonchev–Trinajstić information content (AvgIpc) is 3.17. The minimum absolute atomic E-state index is 0.255. The van der Waals surface area contributed by atoms with Crippen LogP contribution < -0.4 is 5.32 Å². The van der Waals surface area contributed by atoms with Crippen LogP contribution in [0, 0.1) is 0 Å². The Hall–Kier alpha value is -2.79. The van der Waals surface area contributed by atoms with Gasteiger partial charge in [-0.25, -0.2) is 9.48 Å². The third-order valence-corrected chi connectivity index (χ3v) is 4.34. The summed E-state index contributed by atoms with van der Waals surface area (Å²) >= 11 is 6.11. The zero-order valence-corrected chi connectivity index (χ0v) is 13.4. The van der Waals surface area contributed by atoms with Crippen LogP contribution in [0.3, 0.4) is 0 Å². The zero-order valence-electron chi connectivity index (χ0n) is 12.7. The number of nitrogens with one attached hydrogen (secondary N) is 1. The Labute approximate surface area is 143 Å². The first-order chi connectivity index (χ1) is 11.6. The van der Waals surface area contributed by atoms with Crippen molar-refractivity contribution in [3.05, 3.63) is 64.7 Å². The van der Waals surface area contributed by atoms with Crippen LogP contribution in [0.4, 0.5) is 5.82 Å². The number of halogens is 1. The Morgan fingerprint density at radius 3 is 2.71 bits per heavy atom. The number of carboxylic acids is 1. The van der Waals surface area contributed by atoms with Gasteiger partial charge in [0.2, 0.25) is 0 Å². The van der Waals surface area contributed by atoms with Crippen molar-refractivity contribution >= 4 is 23.4 Å². The normalized spacial score (nSPS) is 12.7. The van der Waals surface area contributed by atoms with Crippen molar-refractivity contribution in [1.82, 2.24) is 9.78 Å². The lowest BCUT2D eigenvalue weighted by Crippen LogP contribution is -2.05. The molecule has 2 heterocycles. The molecule has 1 aliphatic heterocycles. The van der Waals surface area contributed by atoms with Crippen LogP contribution in [0.5, 0.6) is 0 Å². The number of anilines is 1. The maximum atomic E-state index is 11.0. The number of hydrogen-bond donors (Lipinski definition) is 2. The Morgan fingerprint density at radius 1 is 1.21 bits per heavy atom. The van der Waals surface area contributed by atoms with E-state index < -0.39 is 5.97 Å². The van der Waals surface area contributed by atoms with Crippen molar-refractivity contribution in [2.24, 2.45) is 0 Å². The second-order valence-corrected chi connectivity index (χ2v) is 6.06. The molecule has 24 heavy (non-hydrogen) atoms. The van der Waals surface area contributed by atoms with E-state index in [2.05, 4.69) is 5.32 Å². The van der Waals surface area contributed by atoms with Gasteiger partial charge in [0.05, 0.1) is 16.9 Å². The van der Waals surface area contributed by atoms with Crippen LogP contribution in [-0.4, -0.2) is 27.4 Å². The molecule has 0 atom stereocenters. The monoisotopic (exact) mass is 339 g/mol. The Balaban J connectivity index is 1.83. The van der Waals surface area contributed by atoms with E-state index >= 15 is 0 Å². The van der Waals surface area contributed by atoms with Crippen molar-refractivity contribution in [3.8, 4) is 16.9 Å². The number of carboxylic acid groups (broad SMARTS) is 1. The van der Waals surface area contributed by atoms with Gasteiger partial charge in [0.25, 0.3) is 0 Å². The molecular formula is C18H14ClN3O2.